The Morgan fingerprint density at radius 3 is 1.54 bits per heavy atom. The Morgan fingerprint density at radius 1 is 0.257 bits per heavy atom. The van der Waals surface area contributed by atoms with Crippen LogP contribution in [0.25, 0.3) is 120 Å². The summed E-state index contributed by atoms with van der Waals surface area (Å²) < 4.78 is 7.10. The molecule has 14 rings (SSSR count). The minimum atomic E-state index is 0.852. The second-order valence-corrected chi connectivity index (χ2v) is 18.3. The summed E-state index contributed by atoms with van der Waals surface area (Å²) in [6.07, 6.45) is 0. The molecule has 0 aliphatic rings. The van der Waals surface area contributed by atoms with Crippen LogP contribution in [0.3, 0.4) is 0 Å². The molecule has 1 heterocycles. The Kier molecular flexibility index (Phi) is 9.25. The first kappa shape index (κ1) is 39.9. The quantitative estimate of drug-likeness (QED) is 0.148. The summed E-state index contributed by atoms with van der Waals surface area (Å²) in [5.74, 6) is 0. The van der Waals surface area contributed by atoms with E-state index in [4.69, 9.17) is 4.42 Å². The summed E-state index contributed by atoms with van der Waals surface area (Å²) in [5.41, 5.74) is 14.0. The highest BCUT2D eigenvalue weighted by Gasteiger charge is 2.25. The number of fused-ring (bicyclic) bond motifs is 12. The van der Waals surface area contributed by atoms with Gasteiger partial charge < -0.3 is 9.32 Å². The molecule has 0 radical (unpaired) electrons. The highest BCUT2D eigenvalue weighted by atomic mass is 16.3. The van der Waals surface area contributed by atoms with E-state index in [-0.39, 0.29) is 0 Å². The summed E-state index contributed by atoms with van der Waals surface area (Å²) in [4.78, 5) is 2.46. The number of hydrogen-bond acceptors (Lipinski definition) is 2. The van der Waals surface area contributed by atoms with Crippen LogP contribution in [0.1, 0.15) is 0 Å². The maximum Gasteiger partial charge on any atom is 0.145 e. The molecule has 70 heavy (non-hydrogen) atoms. The fourth-order valence-corrected chi connectivity index (χ4v) is 11.2. The highest BCUT2D eigenvalue weighted by Crippen LogP contribution is 2.50. The molecule has 326 valence electrons. The lowest BCUT2D eigenvalue weighted by Gasteiger charge is -2.29. The van der Waals surface area contributed by atoms with E-state index in [1.54, 1.807) is 0 Å². The Labute approximate surface area is 405 Å². The van der Waals surface area contributed by atoms with Gasteiger partial charge in [-0.3, -0.25) is 0 Å². The Balaban J connectivity index is 1.01. The van der Waals surface area contributed by atoms with E-state index < -0.39 is 0 Å². The maximum absolute atomic E-state index is 7.10. The predicted molar refractivity (Wildman–Crippen MR) is 298 cm³/mol. The maximum atomic E-state index is 7.10. The van der Waals surface area contributed by atoms with Gasteiger partial charge in [0.05, 0.1) is 16.8 Å². The average Bonchev–Trinajstić information content (AvgIpc) is 3.84. The van der Waals surface area contributed by atoms with E-state index in [1.807, 2.05) is 0 Å². The summed E-state index contributed by atoms with van der Waals surface area (Å²) in [5, 5.41) is 14.6. The molecular formula is C68H43NO. The molecule has 14 aromatic rings. The molecule has 0 atom stereocenters. The Hall–Kier alpha value is -9.24. The molecule has 2 heteroatoms. The lowest BCUT2D eigenvalue weighted by molar-refractivity contribution is 0.670. The number of para-hydroxylation sites is 2. The van der Waals surface area contributed by atoms with Crippen molar-refractivity contribution in [2.75, 3.05) is 4.90 Å². The van der Waals surface area contributed by atoms with E-state index in [0.29, 0.717) is 0 Å². The molecule has 0 amide bonds. The SMILES string of the molecule is c1ccc(-c2ccc(-c3ccccc3N(c3cccc(-c4ccc5c6ccccc6c6ccccc6c5c4)c3)c3ccc(-c4cc5ccccc5c5ccccc45)c4oc5ccccc5c34)cc2)cc1. The van der Waals surface area contributed by atoms with Crippen LogP contribution in [0.5, 0.6) is 0 Å². The summed E-state index contributed by atoms with van der Waals surface area (Å²) in [6, 6.07) is 95.0. The molecular weight excluding hydrogens is 847 g/mol. The molecule has 2 nitrogen and oxygen atoms in total. The van der Waals surface area contributed by atoms with Gasteiger partial charge in [0.15, 0.2) is 0 Å². The molecule has 0 N–H and O–H groups in total. The first-order chi connectivity index (χ1) is 34.7. The van der Waals surface area contributed by atoms with E-state index in [2.05, 4.69) is 266 Å². The zero-order valence-electron chi connectivity index (χ0n) is 38.2. The first-order valence-electron chi connectivity index (χ1n) is 24.1. The van der Waals surface area contributed by atoms with Gasteiger partial charge in [-0.25, -0.2) is 0 Å². The highest BCUT2D eigenvalue weighted by molar-refractivity contribution is 6.26. The van der Waals surface area contributed by atoms with Crippen LogP contribution in [0.15, 0.2) is 265 Å². The van der Waals surface area contributed by atoms with E-state index >= 15 is 0 Å². The second-order valence-electron chi connectivity index (χ2n) is 18.3. The number of furan rings is 1. The van der Waals surface area contributed by atoms with Crippen molar-refractivity contribution >= 4 is 92.9 Å². The molecule has 0 spiro atoms. The van der Waals surface area contributed by atoms with Crippen LogP contribution in [0.2, 0.25) is 0 Å². The van der Waals surface area contributed by atoms with Gasteiger partial charge in [0.1, 0.15) is 11.2 Å². The number of anilines is 3. The third-order valence-corrected chi connectivity index (χ3v) is 14.4. The van der Waals surface area contributed by atoms with Gasteiger partial charge in [0.2, 0.25) is 0 Å². The van der Waals surface area contributed by atoms with E-state index in [0.717, 1.165) is 72.4 Å². The summed E-state index contributed by atoms with van der Waals surface area (Å²) in [7, 11) is 0. The zero-order valence-corrected chi connectivity index (χ0v) is 38.2. The predicted octanol–water partition coefficient (Wildman–Crippen LogP) is 19.5. The standard InChI is InChI=1S/C68H43NO/c1-2-17-44(18-3-1)45-33-35-46(36-34-45)52-23-12-14-31-64(52)69(50-21-16-20-47(41-50)48-37-38-59-56-27-8-7-25-54(56)55-26-9-11-29-58(55)62(59)42-48)65-40-39-60(68-67(65)61-30-13-15-32-66(61)70-68)63-43-49-19-4-5-22-51(49)53-24-6-10-28-57(53)63/h1-43H. The average molecular weight is 890 g/mol. The minimum Gasteiger partial charge on any atom is -0.455 e. The number of hydrogen-bond donors (Lipinski definition) is 0. The van der Waals surface area contributed by atoms with Crippen molar-refractivity contribution in [3.05, 3.63) is 261 Å². The van der Waals surface area contributed by atoms with Crippen molar-refractivity contribution in [3.8, 4) is 44.5 Å². The van der Waals surface area contributed by atoms with Crippen molar-refractivity contribution < 1.29 is 4.42 Å². The van der Waals surface area contributed by atoms with Gasteiger partial charge in [-0.05, 0) is 136 Å². The normalized spacial score (nSPS) is 11.7. The topological polar surface area (TPSA) is 16.4 Å². The molecule has 0 saturated heterocycles. The van der Waals surface area contributed by atoms with E-state index in [1.165, 1.54) is 65.0 Å². The molecule has 0 aliphatic carbocycles. The summed E-state index contributed by atoms with van der Waals surface area (Å²) >= 11 is 0. The fourth-order valence-electron chi connectivity index (χ4n) is 11.2. The molecule has 0 aliphatic heterocycles. The van der Waals surface area contributed by atoms with Gasteiger partial charge in [-0.2, -0.15) is 0 Å². The molecule has 0 fully saturated rings. The molecule has 0 unspecified atom stereocenters. The van der Waals surface area contributed by atoms with Crippen LogP contribution >= 0.6 is 0 Å². The number of nitrogens with zero attached hydrogens (tertiary/aromatic N) is 1. The van der Waals surface area contributed by atoms with Gasteiger partial charge in [0.25, 0.3) is 0 Å². The van der Waals surface area contributed by atoms with Crippen LogP contribution in [0, 0.1) is 0 Å². The third kappa shape index (κ3) is 6.42. The van der Waals surface area contributed by atoms with Crippen LogP contribution in [-0.2, 0) is 0 Å². The third-order valence-electron chi connectivity index (χ3n) is 14.4. The van der Waals surface area contributed by atoms with Gasteiger partial charge >= 0.3 is 0 Å². The first-order valence-corrected chi connectivity index (χ1v) is 24.1. The van der Waals surface area contributed by atoms with Crippen LogP contribution in [0.4, 0.5) is 17.1 Å². The summed E-state index contributed by atoms with van der Waals surface area (Å²) in [6.45, 7) is 0. The lowest BCUT2D eigenvalue weighted by Crippen LogP contribution is -2.12. The number of benzene rings is 13. The van der Waals surface area contributed by atoms with Gasteiger partial charge in [-0.1, -0.05) is 212 Å². The van der Waals surface area contributed by atoms with Crippen LogP contribution in [-0.4, -0.2) is 0 Å². The molecule has 13 aromatic carbocycles. The Morgan fingerprint density at radius 2 is 0.786 bits per heavy atom. The van der Waals surface area contributed by atoms with Crippen molar-refractivity contribution in [1.82, 2.24) is 0 Å². The second kappa shape index (κ2) is 16.2. The number of rotatable bonds is 7. The van der Waals surface area contributed by atoms with Gasteiger partial charge in [-0.15, -0.1) is 0 Å². The van der Waals surface area contributed by atoms with E-state index in [9.17, 15) is 0 Å². The smallest absolute Gasteiger partial charge is 0.145 e. The zero-order chi connectivity index (χ0) is 46.1. The molecule has 0 bridgehead atoms. The van der Waals surface area contributed by atoms with Crippen molar-refractivity contribution in [2.45, 2.75) is 0 Å². The van der Waals surface area contributed by atoms with Gasteiger partial charge in [0, 0.05) is 22.2 Å². The van der Waals surface area contributed by atoms with Crippen LogP contribution < -0.4 is 4.90 Å². The minimum absolute atomic E-state index is 0.852. The Bertz CT molecular complexity index is 4320. The lowest BCUT2D eigenvalue weighted by atomic mass is 9.91. The van der Waals surface area contributed by atoms with Crippen molar-refractivity contribution in [3.63, 3.8) is 0 Å². The van der Waals surface area contributed by atoms with Crippen molar-refractivity contribution in [2.24, 2.45) is 0 Å². The fraction of sp³-hybridized carbons (Fsp3) is 0. The molecule has 0 saturated carbocycles. The monoisotopic (exact) mass is 889 g/mol. The largest absolute Gasteiger partial charge is 0.455 e. The van der Waals surface area contributed by atoms with Crippen molar-refractivity contribution in [1.29, 1.82) is 0 Å². The molecule has 1 aromatic heterocycles.